The van der Waals surface area contributed by atoms with Crippen LogP contribution in [0.2, 0.25) is 0 Å². The van der Waals surface area contributed by atoms with Gasteiger partial charge in [0.1, 0.15) is 23.3 Å². The number of halogens is 3. The number of nitriles is 1. The molecular weight excluding hydrogens is 461 g/mol. The van der Waals surface area contributed by atoms with Crippen LogP contribution in [0.15, 0.2) is 48.7 Å². The molecule has 1 N–H and O–H groups in total. The third kappa shape index (κ3) is 5.46. The van der Waals surface area contributed by atoms with Crippen LogP contribution >= 0.6 is 0 Å². The Balaban J connectivity index is 1.50. The Kier molecular flexibility index (Phi) is 7.06. The molecular formula is C25H21F3N4O3. The number of methoxy groups -OCH3 is 1. The minimum atomic E-state index is -0.758. The minimum Gasteiger partial charge on any atom is -0.487 e. The van der Waals surface area contributed by atoms with Gasteiger partial charge in [-0.3, -0.25) is 4.79 Å². The van der Waals surface area contributed by atoms with Gasteiger partial charge < -0.3 is 19.7 Å². The number of nitrogens with zero attached hydrogens (tertiary/aromatic N) is 3. The summed E-state index contributed by atoms with van der Waals surface area (Å²) in [4.78, 5) is 18.7. The summed E-state index contributed by atoms with van der Waals surface area (Å²) >= 11 is 0. The van der Waals surface area contributed by atoms with Gasteiger partial charge in [-0.1, -0.05) is 0 Å². The highest BCUT2D eigenvalue weighted by Gasteiger charge is 2.25. The third-order valence-corrected chi connectivity index (χ3v) is 5.60. The van der Waals surface area contributed by atoms with Gasteiger partial charge in [-0.15, -0.1) is 0 Å². The Labute approximate surface area is 199 Å². The van der Waals surface area contributed by atoms with Crippen molar-refractivity contribution < 1.29 is 27.4 Å². The predicted octanol–water partition coefficient (Wildman–Crippen LogP) is 4.68. The van der Waals surface area contributed by atoms with E-state index in [0.29, 0.717) is 42.9 Å². The smallest absolute Gasteiger partial charge is 0.261 e. The fourth-order valence-electron chi connectivity index (χ4n) is 3.89. The Morgan fingerprint density at radius 2 is 1.89 bits per heavy atom. The zero-order valence-corrected chi connectivity index (χ0v) is 18.7. The summed E-state index contributed by atoms with van der Waals surface area (Å²) in [5.74, 6) is -2.81. The molecule has 35 heavy (non-hydrogen) atoms. The maximum atomic E-state index is 13.9. The van der Waals surface area contributed by atoms with E-state index in [0.717, 1.165) is 24.4 Å². The summed E-state index contributed by atoms with van der Waals surface area (Å²) in [5.41, 5.74) is 1.27. The number of rotatable bonds is 6. The Hall–Kier alpha value is -4.26. The van der Waals surface area contributed by atoms with Crippen molar-refractivity contribution in [3.05, 3.63) is 77.2 Å². The largest absolute Gasteiger partial charge is 0.487 e. The lowest BCUT2D eigenvalue weighted by molar-refractivity contribution is 0.102. The van der Waals surface area contributed by atoms with Crippen LogP contribution < -0.4 is 19.7 Å². The van der Waals surface area contributed by atoms with Crippen LogP contribution in [0, 0.1) is 28.8 Å². The number of pyridine rings is 1. The van der Waals surface area contributed by atoms with Crippen LogP contribution in [0.5, 0.6) is 11.6 Å². The van der Waals surface area contributed by atoms with Gasteiger partial charge in [0.25, 0.3) is 5.91 Å². The van der Waals surface area contributed by atoms with E-state index in [2.05, 4.69) is 10.3 Å². The number of ether oxygens (including phenoxy) is 2. The number of anilines is 2. The molecule has 10 heteroatoms. The summed E-state index contributed by atoms with van der Waals surface area (Å²) in [6.45, 7) is 1.04. The lowest BCUT2D eigenvalue weighted by Gasteiger charge is -2.35. The zero-order chi connectivity index (χ0) is 24.9. The van der Waals surface area contributed by atoms with Gasteiger partial charge in [0.2, 0.25) is 5.88 Å². The van der Waals surface area contributed by atoms with Crippen LogP contribution in [0.1, 0.15) is 28.8 Å². The molecule has 0 unspecified atom stereocenters. The molecule has 0 spiro atoms. The third-order valence-electron chi connectivity index (χ3n) is 5.60. The number of hydrogen-bond acceptors (Lipinski definition) is 6. The van der Waals surface area contributed by atoms with Gasteiger partial charge in [0, 0.05) is 32.0 Å². The first kappa shape index (κ1) is 23.9. The zero-order valence-electron chi connectivity index (χ0n) is 18.7. The molecule has 2 heterocycles. The highest BCUT2D eigenvalue weighted by atomic mass is 19.1. The molecule has 1 aliphatic rings. The molecule has 0 saturated carbocycles. The van der Waals surface area contributed by atoms with E-state index in [4.69, 9.17) is 9.47 Å². The van der Waals surface area contributed by atoms with Crippen LogP contribution in [0.4, 0.5) is 24.5 Å². The fraction of sp³-hybridized carbons (Fsp3) is 0.240. The number of nitrogens with one attached hydrogen (secondary N) is 1. The average molecular weight is 482 g/mol. The lowest BCUT2D eigenvalue weighted by atomic mass is 10.1. The normalized spacial score (nSPS) is 13.7. The van der Waals surface area contributed by atoms with Crippen molar-refractivity contribution >= 4 is 17.3 Å². The summed E-state index contributed by atoms with van der Waals surface area (Å²) in [7, 11) is 1.32. The second-order valence-electron chi connectivity index (χ2n) is 7.89. The van der Waals surface area contributed by atoms with E-state index in [9.17, 15) is 23.2 Å². The van der Waals surface area contributed by atoms with Crippen LogP contribution in [-0.4, -0.2) is 37.2 Å². The molecule has 1 saturated heterocycles. The summed E-state index contributed by atoms with van der Waals surface area (Å²) < 4.78 is 51.6. The van der Waals surface area contributed by atoms with Gasteiger partial charge in [0.05, 0.1) is 36.3 Å². The fourth-order valence-corrected chi connectivity index (χ4v) is 3.89. The Bertz CT molecular complexity index is 1290. The maximum Gasteiger partial charge on any atom is 0.261 e. The molecule has 0 atom stereocenters. The van der Waals surface area contributed by atoms with Gasteiger partial charge in [0.15, 0.2) is 11.6 Å². The van der Waals surface area contributed by atoms with E-state index in [1.165, 1.54) is 19.2 Å². The molecule has 4 rings (SSSR count). The highest BCUT2D eigenvalue weighted by Crippen LogP contribution is 2.32. The second-order valence-corrected chi connectivity index (χ2v) is 7.89. The van der Waals surface area contributed by atoms with Crippen molar-refractivity contribution in [3.8, 4) is 17.7 Å². The summed E-state index contributed by atoms with van der Waals surface area (Å²) in [6.07, 6.45) is 1.77. The average Bonchev–Trinajstić information content (AvgIpc) is 2.86. The molecule has 0 radical (unpaired) electrons. The topological polar surface area (TPSA) is 87.5 Å². The standard InChI is InChI=1S/C25H21F3N4O3/c1-34-25-19(11-17(27)14-30-25)24(33)31-21-10-15(13-29)2-4-22(21)32-8-6-18(7-9-32)35-23-5-3-16(26)12-20(23)28/h2-5,10-12,14,18H,6-9H2,1H3,(H,31,33). The first-order valence-corrected chi connectivity index (χ1v) is 10.8. The quantitative estimate of drug-likeness (QED) is 0.549. The van der Waals surface area contributed by atoms with E-state index in [-0.39, 0.29) is 23.3 Å². The molecule has 7 nitrogen and oxygen atoms in total. The van der Waals surface area contributed by atoms with Crippen LogP contribution in [-0.2, 0) is 0 Å². The molecule has 3 aromatic rings. The van der Waals surface area contributed by atoms with E-state index >= 15 is 0 Å². The molecule has 1 aromatic heterocycles. The van der Waals surface area contributed by atoms with Crippen molar-refractivity contribution in [1.29, 1.82) is 5.26 Å². The van der Waals surface area contributed by atoms with Gasteiger partial charge in [-0.25, -0.2) is 18.2 Å². The van der Waals surface area contributed by atoms with E-state index in [1.54, 1.807) is 12.1 Å². The monoisotopic (exact) mass is 482 g/mol. The van der Waals surface area contributed by atoms with Crippen molar-refractivity contribution in [2.24, 2.45) is 0 Å². The van der Waals surface area contributed by atoms with E-state index in [1.807, 2.05) is 11.0 Å². The van der Waals surface area contributed by atoms with Gasteiger partial charge >= 0.3 is 0 Å². The molecule has 1 amide bonds. The number of hydrogen-bond donors (Lipinski definition) is 1. The first-order valence-electron chi connectivity index (χ1n) is 10.8. The number of piperidine rings is 1. The first-order chi connectivity index (χ1) is 16.9. The van der Waals surface area contributed by atoms with Gasteiger partial charge in [-0.05, 0) is 36.4 Å². The van der Waals surface area contributed by atoms with Crippen LogP contribution in [0.25, 0.3) is 0 Å². The van der Waals surface area contributed by atoms with Crippen molar-refractivity contribution in [2.75, 3.05) is 30.4 Å². The number of aromatic nitrogens is 1. The second kappa shape index (κ2) is 10.3. The van der Waals surface area contributed by atoms with E-state index < -0.39 is 23.4 Å². The lowest BCUT2D eigenvalue weighted by Crippen LogP contribution is -2.38. The molecule has 1 fully saturated rings. The van der Waals surface area contributed by atoms with Crippen molar-refractivity contribution in [3.63, 3.8) is 0 Å². The SMILES string of the molecule is COc1ncc(F)cc1C(=O)Nc1cc(C#N)ccc1N1CCC(Oc2ccc(F)cc2F)CC1. The Morgan fingerprint density at radius 1 is 1.11 bits per heavy atom. The molecule has 1 aliphatic heterocycles. The number of benzene rings is 2. The number of carbonyl (C=O) groups excluding carboxylic acids is 1. The van der Waals surface area contributed by atoms with Crippen LogP contribution in [0.3, 0.4) is 0 Å². The molecule has 0 bridgehead atoms. The predicted molar refractivity (Wildman–Crippen MR) is 122 cm³/mol. The number of amides is 1. The van der Waals surface area contributed by atoms with Gasteiger partial charge in [-0.2, -0.15) is 5.26 Å². The maximum absolute atomic E-state index is 13.9. The molecule has 2 aromatic carbocycles. The highest BCUT2D eigenvalue weighted by molar-refractivity contribution is 6.07. The molecule has 0 aliphatic carbocycles. The number of carbonyl (C=O) groups is 1. The summed E-state index contributed by atoms with van der Waals surface area (Å²) in [5, 5.41) is 12.1. The minimum absolute atomic E-state index is 0.00572. The Morgan fingerprint density at radius 3 is 2.57 bits per heavy atom. The molecule has 180 valence electrons. The summed E-state index contributed by atoms with van der Waals surface area (Å²) in [6, 6.07) is 11.1. The van der Waals surface area contributed by atoms with Crippen molar-refractivity contribution in [1.82, 2.24) is 4.98 Å². The van der Waals surface area contributed by atoms with Crippen molar-refractivity contribution in [2.45, 2.75) is 18.9 Å².